The summed E-state index contributed by atoms with van der Waals surface area (Å²) in [4.78, 5) is 5.60. The topological polar surface area (TPSA) is 18.5 Å². The Balaban J connectivity index is 1.58. The first-order valence-corrected chi connectivity index (χ1v) is 8.51. The number of likely N-dealkylation sites (tertiary alicyclic amines) is 1. The van der Waals surface area contributed by atoms with E-state index in [4.69, 9.17) is 0 Å². The van der Waals surface area contributed by atoms with Gasteiger partial charge in [-0.2, -0.15) is 0 Å². The van der Waals surface area contributed by atoms with Crippen molar-refractivity contribution in [2.75, 3.05) is 32.7 Å². The first-order valence-electron chi connectivity index (χ1n) is 8.51. The van der Waals surface area contributed by atoms with Crippen molar-refractivity contribution in [2.24, 2.45) is 5.92 Å². The second-order valence-corrected chi connectivity index (χ2v) is 6.88. The first kappa shape index (κ1) is 13.8. The van der Waals surface area contributed by atoms with Gasteiger partial charge in [-0.1, -0.05) is 20.3 Å². The summed E-state index contributed by atoms with van der Waals surface area (Å²) in [5.74, 6) is 0.811. The van der Waals surface area contributed by atoms with Crippen LogP contribution in [0.1, 0.15) is 46.0 Å². The summed E-state index contributed by atoms with van der Waals surface area (Å²) in [5.41, 5.74) is 0. The van der Waals surface area contributed by atoms with Crippen LogP contribution in [0.25, 0.3) is 0 Å². The highest BCUT2D eigenvalue weighted by Crippen LogP contribution is 2.32. The smallest absolute Gasteiger partial charge is 0.0263 e. The van der Waals surface area contributed by atoms with Gasteiger partial charge in [0.15, 0.2) is 0 Å². The Hall–Kier alpha value is -0.120. The van der Waals surface area contributed by atoms with Gasteiger partial charge < -0.3 is 5.32 Å². The average Bonchev–Trinajstić information content (AvgIpc) is 2.85. The Morgan fingerprint density at radius 2 is 1.74 bits per heavy atom. The predicted molar refractivity (Wildman–Crippen MR) is 80.4 cm³/mol. The van der Waals surface area contributed by atoms with E-state index in [9.17, 15) is 0 Å². The van der Waals surface area contributed by atoms with Gasteiger partial charge in [-0.05, 0) is 51.2 Å². The molecule has 0 saturated carbocycles. The minimum atomic E-state index is 0.755. The predicted octanol–water partition coefficient (Wildman–Crippen LogP) is 1.93. The molecule has 0 bridgehead atoms. The molecule has 3 saturated heterocycles. The van der Waals surface area contributed by atoms with Crippen molar-refractivity contribution < 1.29 is 0 Å². The van der Waals surface area contributed by atoms with Crippen LogP contribution in [0.3, 0.4) is 0 Å². The molecular weight excluding hydrogens is 234 g/mol. The van der Waals surface area contributed by atoms with Crippen molar-refractivity contribution in [3.63, 3.8) is 0 Å². The Morgan fingerprint density at radius 3 is 2.53 bits per heavy atom. The molecule has 19 heavy (non-hydrogen) atoms. The fourth-order valence-corrected chi connectivity index (χ4v) is 4.69. The van der Waals surface area contributed by atoms with Crippen molar-refractivity contribution >= 4 is 0 Å². The molecule has 3 aliphatic rings. The summed E-state index contributed by atoms with van der Waals surface area (Å²) < 4.78 is 0. The van der Waals surface area contributed by atoms with E-state index in [1.165, 1.54) is 58.3 Å². The third-order valence-electron chi connectivity index (χ3n) is 5.69. The SMILES string of the molecule is CCNC1CCN(C2CCN3CCCCC23)CC1C. The quantitative estimate of drug-likeness (QED) is 0.841. The van der Waals surface area contributed by atoms with Crippen LogP contribution in [-0.4, -0.2) is 60.6 Å². The van der Waals surface area contributed by atoms with Gasteiger partial charge >= 0.3 is 0 Å². The molecule has 0 aromatic heterocycles. The van der Waals surface area contributed by atoms with Crippen molar-refractivity contribution in [2.45, 2.75) is 64.1 Å². The molecule has 0 spiro atoms. The highest BCUT2D eigenvalue weighted by Gasteiger charge is 2.40. The molecule has 3 aliphatic heterocycles. The van der Waals surface area contributed by atoms with Crippen molar-refractivity contribution in [1.29, 1.82) is 0 Å². The lowest BCUT2D eigenvalue weighted by Gasteiger charge is -2.43. The van der Waals surface area contributed by atoms with Gasteiger partial charge in [0, 0.05) is 31.2 Å². The second-order valence-electron chi connectivity index (χ2n) is 6.88. The van der Waals surface area contributed by atoms with E-state index in [1.54, 1.807) is 0 Å². The molecule has 3 nitrogen and oxygen atoms in total. The van der Waals surface area contributed by atoms with Gasteiger partial charge in [-0.3, -0.25) is 9.80 Å². The fraction of sp³-hybridized carbons (Fsp3) is 1.00. The minimum Gasteiger partial charge on any atom is -0.314 e. The van der Waals surface area contributed by atoms with E-state index < -0.39 is 0 Å². The van der Waals surface area contributed by atoms with Crippen LogP contribution in [0.15, 0.2) is 0 Å². The standard InChI is InChI=1S/C16H31N3/c1-3-17-14-7-10-19(12-13(14)2)16-8-11-18-9-5-4-6-15(16)18/h13-17H,3-12H2,1-2H3. The molecule has 110 valence electrons. The third-order valence-corrected chi connectivity index (χ3v) is 5.69. The molecule has 3 heteroatoms. The monoisotopic (exact) mass is 265 g/mol. The minimum absolute atomic E-state index is 0.755. The molecule has 3 fully saturated rings. The van der Waals surface area contributed by atoms with Gasteiger partial charge in [0.1, 0.15) is 0 Å². The molecule has 0 radical (unpaired) electrons. The molecule has 4 atom stereocenters. The van der Waals surface area contributed by atoms with Crippen LogP contribution >= 0.6 is 0 Å². The number of hydrogen-bond acceptors (Lipinski definition) is 3. The van der Waals surface area contributed by atoms with Gasteiger partial charge in [-0.25, -0.2) is 0 Å². The number of nitrogens with one attached hydrogen (secondary N) is 1. The maximum atomic E-state index is 3.66. The zero-order valence-corrected chi connectivity index (χ0v) is 12.8. The van der Waals surface area contributed by atoms with E-state index in [2.05, 4.69) is 29.0 Å². The van der Waals surface area contributed by atoms with Crippen molar-refractivity contribution in [1.82, 2.24) is 15.1 Å². The molecule has 3 heterocycles. The Morgan fingerprint density at radius 1 is 0.947 bits per heavy atom. The summed E-state index contributed by atoms with van der Waals surface area (Å²) in [6, 6.07) is 2.51. The van der Waals surface area contributed by atoms with Crippen LogP contribution in [-0.2, 0) is 0 Å². The molecule has 0 aromatic carbocycles. The van der Waals surface area contributed by atoms with Crippen molar-refractivity contribution in [3.05, 3.63) is 0 Å². The highest BCUT2D eigenvalue weighted by atomic mass is 15.3. The first-order chi connectivity index (χ1) is 9.29. The molecule has 4 unspecified atom stereocenters. The lowest BCUT2D eigenvalue weighted by atomic mass is 9.90. The fourth-order valence-electron chi connectivity index (χ4n) is 4.69. The summed E-state index contributed by atoms with van der Waals surface area (Å²) in [6.07, 6.45) is 7.11. The van der Waals surface area contributed by atoms with Gasteiger partial charge in [0.2, 0.25) is 0 Å². The van der Waals surface area contributed by atoms with Gasteiger partial charge in [-0.15, -0.1) is 0 Å². The second kappa shape index (κ2) is 6.11. The highest BCUT2D eigenvalue weighted by molar-refractivity contribution is 4.97. The molecule has 0 aromatic rings. The number of hydrogen-bond donors (Lipinski definition) is 1. The van der Waals surface area contributed by atoms with Crippen LogP contribution in [0, 0.1) is 5.92 Å². The van der Waals surface area contributed by atoms with Crippen LogP contribution in [0.5, 0.6) is 0 Å². The molecule has 3 rings (SSSR count). The summed E-state index contributed by atoms with van der Waals surface area (Å²) in [5, 5.41) is 3.66. The van der Waals surface area contributed by atoms with Crippen LogP contribution in [0.2, 0.25) is 0 Å². The van der Waals surface area contributed by atoms with Crippen LogP contribution < -0.4 is 5.32 Å². The number of fused-ring (bicyclic) bond motifs is 1. The molecule has 0 amide bonds. The Bertz CT molecular complexity index is 294. The van der Waals surface area contributed by atoms with Crippen molar-refractivity contribution in [3.8, 4) is 0 Å². The number of piperidine rings is 2. The maximum Gasteiger partial charge on any atom is 0.0263 e. The average molecular weight is 265 g/mol. The van der Waals surface area contributed by atoms with E-state index in [-0.39, 0.29) is 0 Å². The van der Waals surface area contributed by atoms with E-state index in [0.29, 0.717) is 0 Å². The number of rotatable bonds is 3. The molecular formula is C16H31N3. The Kier molecular flexibility index (Phi) is 4.45. The largest absolute Gasteiger partial charge is 0.314 e. The lowest BCUT2D eigenvalue weighted by molar-refractivity contribution is 0.0683. The van der Waals surface area contributed by atoms with E-state index in [1.807, 2.05) is 0 Å². The van der Waals surface area contributed by atoms with Gasteiger partial charge in [0.25, 0.3) is 0 Å². The summed E-state index contributed by atoms with van der Waals surface area (Å²) >= 11 is 0. The van der Waals surface area contributed by atoms with E-state index in [0.717, 1.165) is 30.6 Å². The third kappa shape index (κ3) is 2.84. The molecule has 1 N–H and O–H groups in total. The maximum absolute atomic E-state index is 3.66. The lowest BCUT2D eigenvalue weighted by Crippen LogP contribution is -2.54. The summed E-state index contributed by atoms with van der Waals surface area (Å²) in [7, 11) is 0. The Labute approximate surface area is 118 Å². The van der Waals surface area contributed by atoms with Gasteiger partial charge in [0.05, 0.1) is 0 Å². The van der Waals surface area contributed by atoms with Crippen LogP contribution in [0.4, 0.5) is 0 Å². The summed E-state index contributed by atoms with van der Waals surface area (Å²) in [6.45, 7) is 11.1. The molecule has 0 aliphatic carbocycles. The zero-order chi connectivity index (χ0) is 13.2. The van der Waals surface area contributed by atoms with E-state index >= 15 is 0 Å². The normalized spacial score (nSPS) is 41.4. The zero-order valence-electron chi connectivity index (χ0n) is 12.8. The number of nitrogens with zero attached hydrogens (tertiary/aromatic N) is 2.